The third-order valence-corrected chi connectivity index (χ3v) is 1.41. The van der Waals surface area contributed by atoms with E-state index in [4.69, 9.17) is 5.73 Å². The number of hydrogen-bond acceptors (Lipinski definition) is 0. The van der Waals surface area contributed by atoms with Gasteiger partial charge in [-0.05, 0) is 11.6 Å². The van der Waals surface area contributed by atoms with E-state index >= 15 is 0 Å². The second-order valence-corrected chi connectivity index (χ2v) is 2.45. The van der Waals surface area contributed by atoms with Gasteiger partial charge in [-0.2, -0.15) is 13.2 Å². The molecule has 0 fully saturated rings. The number of hydrogen-bond donors (Lipinski definition) is 0. The Bertz CT molecular complexity index is 267. The van der Waals surface area contributed by atoms with E-state index in [1.54, 1.807) is 6.07 Å². The van der Waals surface area contributed by atoms with Crippen molar-refractivity contribution in [3.63, 3.8) is 0 Å². The maximum Gasteiger partial charge on any atom is 0.393 e. The van der Waals surface area contributed by atoms with Gasteiger partial charge in [0.1, 0.15) is 0 Å². The average Bonchev–Trinajstić information content (AvgIpc) is 1.91. The molecule has 12 heavy (non-hydrogen) atoms. The molecule has 0 heterocycles. The van der Waals surface area contributed by atoms with E-state index in [0.717, 1.165) is 0 Å². The molecule has 1 aromatic carbocycles. The third-order valence-electron chi connectivity index (χ3n) is 1.41. The number of benzene rings is 1. The quantitative estimate of drug-likeness (QED) is 0.625. The summed E-state index contributed by atoms with van der Waals surface area (Å²) in [5.74, 6) is 0. The Kier molecular flexibility index (Phi) is 2.26. The molecular formula is C8H7F3N. The van der Waals surface area contributed by atoms with Crippen LogP contribution in [0.2, 0.25) is 0 Å². The van der Waals surface area contributed by atoms with Crippen molar-refractivity contribution in [1.29, 1.82) is 0 Å². The summed E-state index contributed by atoms with van der Waals surface area (Å²) in [6.45, 7) is 0. The molecule has 0 saturated heterocycles. The zero-order valence-corrected chi connectivity index (χ0v) is 6.15. The Morgan fingerprint density at radius 1 is 1.17 bits per heavy atom. The molecule has 0 aliphatic rings. The highest BCUT2D eigenvalue weighted by atomic mass is 19.4. The molecule has 0 saturated carbocycles. The van der Waals surface area contributed by atoms with E-state index < -0.39 is 12.6 Å². The van der Waals surface area contributed by atoms with Crippen LogP contribution >= 0.6 is 0 Å². The fourth-order valence-corrected chi connectivity index (χ4v) is 0.890. The molecule has 0 bridgehead atoms. The molecule has 0 aliphatic heterocycles. The van der Waals surface area contributed by atoms with E-state index in [9.17, 15) is 13.2 Å². The monoisotopic (exact) mass is 174 g/mol. The normalized spacial score (nSPS) is 11.6. The van der Waals surface area contributed by atoms with Crippen LogP contribution in [0.1, 0.15) is 5.56 Å². The Morgan fingerprint density at radius 2 is 1.75 bits per heavy atom. The molecule has 0 atom stereocenters. The maximum atomic E-state index is 11.8. The van der Waals surface area contributed by atoms with Crippen LogP contribution in [-0.2, 0) is 6.42 Å². The summed E-state index contributed by atoms with van der Waals surface area (Å²) in [4.78, 5) is 0. The summed E-state index contributed by atoms with van der Waals surface area (Å²) >= 11 is 0. The second-order valence-electron chi connectivity index (χ2n) is 2.45. The van der Waals surface area contributed by atoms with Crippen LogP contribution in [-0.4, -0.2) is 6.18 Å². The second kappa shape index (κ2) is 3.05. The van der Waals surface area contributed by atoms with Gasteiger partial charge in [-0.3, -0.25) is 0 Å². The van der Waals surface area contributed by atoms with E-state index in [1.807, 2.05) is 0 Å². The number of nitrogens with one attached hydrogen (secondary N) is 1. The minimum absolute atomic E-state index is 0.0185. The number of halogens is 3. The van der Waals surface area contributed by atoms with Crippen LogP contribution < -0.4 is 5.73 Å². The van der Waals surface area contributed by atoms with Crippen molar-refractivity contribution >= 4 is 5.69 Å². The summed E-state index contributed by atoms with van der Waals surface area (Å²) in [6, 6.07) is 5.71. The van der Waals surface area contributed by atoms with Crippen LogP contribution in [0.25, 0.3) is 0 Å². The van der Waals surface area contributed by atoms with Gasteiger partial charge in [-0.15, -0.1) is 0 Å². The molecule has 4 heteroatoms. The van der Waals surface area contributed by atoms with Crippen molar-refractivity contribution in [1.82, 2.24) is 5.73 Å². The molecule has 1 rings (SSSR count). The van der Waals surface area contributed by atoms with Crippen LogP contribution in [0.3, 0.4) is 0 Å². The summed E-state index contributed by atoms with van der Waals surface area (Å²) in [5.41, 5.74) is 7.11. The molecular weight excluding hydrogens is 167 g/mol. The number of alkyl halides is 3. The minimum atomic E-state index is -4.23. The highest BCUT2D eigenvalue weighted by Crippen LogP contribution is 2.24. The standard InChI is InChI=1S/C8H7F3N/c9-8(10,11)5-6-3-1-2-4-7(6)12/h1-4,12H,5H2. The van der Waals surface area contributed by atoms with Gasteiger partial charge in [0.05, 0.1) is 12.1 Å². The van der Waals surface area contributed by atoms with Gasteiger partial charge in [0, 0.05) is 0 Å². The summed E-state index contributed by atoms with van der Waals surface area (Å²) < 4.78 is 35.5. The van der Waals surface area contributed by atoms with Crippen LogP contribution in [0.15, 0.2) is 24.3 Å². The molecule has 1 radical (unpaired) electrons. The first-order valence-corrected chi connectivity index (χ1v) is 3.35. The predicted octanol–water partition coefficient (Wildman–Crippen LogP) is 2.71. The summed E-state index contributed by atoms with van der Waals surface area (Å²) in [6.07, 6.45) is -5.25. The first-order valence-electron chi connectivity index (χ1n) is 3.35. The van der Waals surface area contributed by atoms with Gasteiger partial charge in [-0.25, -0.2) is 0 Å². The minimum Gasteiger partial charge on any atom is -0.301 e. The van der Waals surface area contributed by atoms with Crippen molar-refractivity contribution in [3.05, 3.63) is 29.8 Å². The largest absolute Gasteiger partial charge is 0.393 e. The van der Waals surface area contributed by atoms with Gasteiger partial charge >= 0.3 is 6.18 Å². The first kappa shape index (κ1) is 8.90. The highest BCUT2D eigenvalue weighted by Gasteiger charge is 2.28. The first-order chi connectivity index (χ1) is 5.49. The van der Waals surface area contributed by atoms with Crippen molar-refractivity contribution in [2.75, 3.05) is 0 Å². The van der Waals surface area contributed by atoms with Gasteiger partial charge in [0.2, 0.25) is 0 Å². The average molecular weight is 174 g/mol. The molecule has 0 amide bonds. The lowest BCUT2D eigenvalue weighted by molar-refractivity contribution is -0.127. The predicted molar refractivity (Wildman–Crippen MR) is 39.0 cm³/mol. The number of rotatable bonds is 1. The van der Waals surface area contributed by atoms with Crippen molar-refractivity contribution < 1.29 is 13.2 Å². The van der Waals surface area contributed by atoms with Gasteiger partial charge in [0.15, 0.2) is 0 Å². The SMILES string of the molecule is [NH]c1ccccc1CC(F)(F)F. The highest BCUT2D eigenvalue weighted by molar-refractivity contribution is 5.43. The molecule has 65 valence electrons. The van der Waals surface area contributed by atoms with E-state index in [0.29, 0.717) is 0 Å². The van der Waals surface area contributed by atoms with Gasteiger partial charge in [-0.1, -0.05) is 18.2 Å². The molecule has 1 N–H and O–H groups in total. The molecule has 1 aromatic rings. The Balaban J connectivity index is 2.83. The fourth-order valence-electron chi connectivity index (χ4n) is 0.890. The molecule has 1 nitrogen and oxygen atoms in total. The van der Waals surface area contributed by atoms with E-state index in [2.05, 4.69) is 0 Å². The Hall–Kier alpha value is -1.19. The third kappa shape index (κ3) is 2.45. The van der Waals surface area contributed by atoms with Crippen LogP contribution in [0.5, 0.6) is 0 Å². The van der Waals surface area contributed by atoms with E-state index in [-0.39, 0.29) is 11.3 Å². The molecule has 0 aromatic heterocycles. The van der Waals surface area contributed by atoms with Crippen LogP contribution in [0.4, 0.5) is 18.9 Å². The lowest BCUT2D eigenvalue weighted by atomic mass is 10.1. The van der Waals surface area contributed by atoms with E-state index in [1.165, 1.54) is 18.2 Å². The zero-order chi connectivity index (χ0) is 9.19. The Morgan fingerprint density at radius 3 is 2.25 bits per heavy atom. The van der Waals surface area contributed by atoms with Crippen molar-refractivity contribution in [3.8, 4) is 0 Å². The topological polar surface area (TPSA) is 23.8 Å². The van der Waals surface area contributed by atoms with Gasteiger partial charge in [0.25, 0.3) is 0 Å². The maximum absolute atomic E-state index is 11.8. The summed E-state index contributed by atoms with van der Waals surface area (Å²) in [7, 11) is 0. The molecule has 0 aliphatic carbocycles. The fraction of sp³-hybridized carbons (Fsp3) is 0.250. The lowest BCUT2D eigenvalue weighted by Gasteiger charge is -2.07. The van der Waals surface area contributed by atoms with Crippen molar-refractivity contribution in [2.45, 2.75) is 12.6 Å². The summed E-state index contributed by atoms with van der Waals surface area (Å²) in [5, 5.41) is 0. The Labute approximate surface area is 68.0 Å². The smallest absolute Gasteiger partial charge is 0.301 e. The van der Waals surface area contributed by atoms with Crippen LogP contribution in [0, 0.1) is 0 Å². The van der Waals surface area contributed by atoms with Gasteiger partial charge < -0.3 is 5.73 Å². The lowest BCUT2D eigenvalue weighted by Crippen LogP contribution is -2.11. The molecule has 0 spiro atoms. The molecule has 0 unspecified atom stereocenters. The zero-order valence-electron chi connectivity index (χ0n) is 6.15. The van der Waals surface area contributed by atoms with Crippen molar-refractivity contribution in [2.24, 2.45) is 0 Å².